The molecular weight excluding hydrogens is 398 g/mol. The van der Waals surface area contributed by atoms with E-state index in [0.29, 0.717) is 5.69 Å². The summed E-state index contributed by atoms with van der Waals surface area (Å²) in [5, 5.41) is 0. The molecule has 0 saturated carbocycles. The van der Waals surface area contributed by atoms with Gasteiger partial charge >= 0.3 is 12.2 Å². The number of hydrogen-bond donors (Lipinski definition) is 0. The van der Waals surface area contributed by atoms with Gasteiger partial charge in [0.2, 0.25) is 0 Å². The third kappa shape index (κ3) is 3.55. The van der Waals surface area contributed by atoms with E-state index in [1.165, 1.54) is 19.1 Å². The van der Waals surface area contributed by atoms with Crippen molar-refractivity contribution in [1.29, 1.82) is 0 Å². The summed E-state index contributed by atoms with van der Waals surface area (Å²) < 4.78 is 45.0. The number of aromatic nitrogens is 2. The molecule has 4 nitrogen and oxygen atoms in total. The van der Waals surface area contributed by atoms with E-state index in [0.717, 1.165) is 9.77 Å². The highest BCUT2D eigenvalue weighted by Crippen LogP contribution is 2.37. The van der Waals surface area contributed by atoms with E-state index in [2.05, 4.69) is 32.6 Å². The Hall–Kier alpha value is -1.58. The second-order valence-electron chi connectivity index (χ2n) is 4.13. The van der Waals surface area contributed by atoms with Crippen molar-refractivity contribution >= 4 is 34.1 Å². The Balaban J connectivity index is 2.52. The maximum Gasteiger partial charge on any atom is 0.421 e. The van der Waals surface area contributed by atoms with Crippen LogP contribution in [0.3, 0.4) is 0 Å². The highest BCUT2D eigenvalue weighted by Gasteiger charge is 2.36. The lowest BCUT2D eigenvalue weighted by molar-refractivity contribution is -0.137. The Morgan fingerprint density at radius 1 is 1.19 bits per heavy atom. The average Bonchev–Trinajstić information content (AvgIpc) is 2.45. The summed E-state index contributed by atoms with van der Waals surface area (Å²) in [5.41, 5.74) is -0.328. The normalized spacial score (nSPS) is 11.3. The molecule has 2 rings (SSSR count). The Morgan fingerprint density at radius 2 is 1.81 bits per heavy atom. The minimum atomic E-state index is -4.54. The van der Waals surface area contributed by atoms with Gasteiger partial charge in [0.05, 0.1) is 7.11 Å². The van der Waals surface area contributed by atoms with Crippen LogP contribution in [0.4, 0.5) is 24.7 Å². The third-order valence-electron chi connectivity index (χ3n) is 2.77. The van der Waals surface area contributed by atoms with Gasteiger partial charge in [0, 0.05) is 22.5 Å². The zero-order valence-corrected chi connectivity index (χ0v) is 13.3. The third-order valence-corrected chi connectivity index (χ3v) is 3.49. The Labute approximate surface area is 133 Å². The van der Waals surface area contributed by atoms with Gasteiger partial charge in [-0.3, -0.25) is 0 Å². The molecule has 0 aliphatic heterocycles. The molecule has 1 heterocycles. The second-order valence-corrected chi connectivity index (χ2v) is 5.37. The molecule has 0 spiro atoms. The quantitative estimate of drug-likeness (QED) is 0.722. The van der Waals surface area contributed by atoms with E-state index in [9.17, 15) is 13.2 Å². The summed E-state index contributed by atoms with van der Waals surface area (Å²) in [7, 11) is 2.82. The lowest BCUT2D eigenvalue weighted by atomic mass is 10.2. The first-order valence-corrected chi connectivity index (χ1v) is 6.88. The van der Waals surface area contributed by atoms with Crippen molar-refractivity contribution in [3.63, 3.8) is 0 Å². The van der Waals surface area contributed by atoms with Crippen molar-refractivity contribution < 1.29 is 17.9 Å². The van der Waals surface area contributed by atoms with E-state index in [-0.39, 0.29) is 11.8 Å². The molecular formula is C13H11F3IN3O. The molecule has 112 valence electrons. The summed E-state index contributed by atoms with van der Waals surface area (Å²) in [5.74, 6) is -0.254. The molecule has 2 aromatic rings. The van der Waals surface area contributed by atoms with Crippen LogP contribution in [0, 0.1) is 3.57 Å². The molecule has 0 bridgehead atoms. The van der Waals surface area contributed by atoms with Gasteiger partial charge in [-0.05, 0) is 46.9 Å². The summed E-state index contributed by atoms with van der Waals surface area (Å²) >= 11 is 2.12. The van der Waals surface area contributed by atoms with Crippen LogP contribution in [0.25, 0.3) is 0 Å². The fourth-order valence-corrected chi connectivity index (χ4v) is 2.06. The van der Waals surface area contributed by atoms with Crippen LogP contribution in [0.2, 0.25) is 0 Å². The van der Waals surface area contributed by atoms with Crippen LogP contribution >= 0.6 is 22.6 Å². The number of methoxy groups -OCH3 is 1. The molecule has 0 unspecified atom stereocenters. The second kappa shape index (κ2) is 6.04. The predicted molar refractivity (Wildman–Crippen MR) is 80.8 cm³/mol. The molecule has 0 radical (unpaired) electrons. The van der Waals surface area contributed by atoms with Crippen molar-refractivity contribution in [2.24, 2.45) is 0 Å². The van der Waals surface area contributed by atoms with Gasteiger partial charge in [-0.15, -0.1) is 0 Å². The van der Waals surface area contributed by atoms with Gasteiger partial charge in [-0.25, -0.2) is 4.98 Å². The summed E-state index contributed by atoms with van der Waals surface area (Å²) in [4.78, 5) is 8.71. The summed E-state index contributed by atoms with van der Waals surface area (Å²) in [6.45, 7) is 0. The molecule has 0 aliphatic rings. The van der Waals surface area contributed by atoms with Gasteiger partial charge in [-0.2, -0.15) is 18.2 Å². The first-order valence-electron chi connectivity index (χ1n) is 5.80. The first-order chi connectivity index (χ1) is 9.82. The number of alkyl halides is 3. The lowest BCUT2D eigenvalue weighted by Crippen LogP contribution is -2.19. The maximum atomic E-state index is 13.1. The topological polar surface area (TPSA) is 38.2 Å². The fourth-order valence-electron chi connectivity index (χ4n) is 1.70. The van der Waals surface area contributed by atoms with Crippen LogP contribution in [-0.2, 0) is 6.18 Å². The van der Waals surface area contributed by atoms with Crippen molar-refractivity contribution in [2.45, 2.75) is 6.18 Å². The highest BCUT2D eigenvalue weighted by atomic mass is 127. The van der Waals surface area contributed by atoms with E-state index >= 15 is 0 Å². The molecule has 0 N–H and O–H groups in total. The van der Waals surface area contributed by atoms with Crippen LogP contribution < -0.4 is 9.64 Å². The predicted octanol–water partition coefficient (Wildman–Crippen LogP) is 3.88. The molecule has 1 aromatic heterocycles. The number of anilines is 2. The minimum Gasteiger partial charge on any atom is -0.467 e. The van der Waals surface area contributed by atoms with Crippen LogP contribution in [0.1, 0.15) is 5.56 Å². The molecule has 0 fully saturated rings. The molecule has 21 heavy (non-hydrogen) atoms. The van der Waals surface area contributed by atoms with Crippen molar-refractivity contribution in [3.05, 3.63) is 39.6 Å². The van der Waals surface area contributed by atoms with Gasteiger partial charge in [0.25, 0.3) is 0 Å². The van der Waals surface area contributed by atoms with Crippen molar-refractivity contribution in [3.8, 4) is 6.01 Å². The zero-order chi connectivity index (χ0) is 15.6. The zero-order valence-electron chi connectivity index (χ0n) is 11.1. The Bertz CT molecular complexity index is 632. The number of nitrogens with zero attached hydrogens (tertiary/aromatic N) is 3. The largest absolute Gasteiger partial charge is 0.467 e. The minimum absolute atomic E-state index is 0.115. The summed E-state index contributed by atoms with van der Waals surface area (Å²) in [6.07, 6.45) is -3.82. The molecule has 1 aromatic carbocycles. The van der Waals surface area contributed by atoms with E-state index in [1.54, 1.807) is 24.3 Å². The van der Waals surface area contributed by atoms with Gasteiger partial charge in [0.1, 0.15) is 5.56 Å². The molecule has 8 heteroatoms. The van der Waals surface area contributed by atoms with Crippen molar-refractivity contribution in [2.75, 3.05) is 19.1 Å². The maximum absolute atomic E-state index is 13.1. The molecule has 0 saturated heterocycles. The van der Waals surface area contributed by atoms with E-state index in [4.69, 9.17) is 4.74 Å². The van der Waals surface area contributed by atoms with Crippen LogP contribution in [0.5, 0.6) is 6.01 Å². The van der Waals surface area contributed by atoms with Crippen LogP contribution in [-0.4, -0.2) is 24.1 Å². The standard InChI is InChI=1S/C13H11F3IN3O/c1-20(9-5-3-8(17)4-6-9)11-10(13(14,15)16)7-18-12(19-11)21-2/h3-7H,1-2H3. The number of halogens is 4. The van der Waals surface area contributed by atoms with Gasteiger partial charge in [-0.1, -0.05) is 0 Å². The Kier molecular flexibility index (Phi) is 4.55. The highest BCUT2D eigenvalue weighted by molar-refractivity contribution is 14.1. The molecule has 0 amide bonds. The molecule has 0 aliphatic carbocycles. The lowest BCUT2D eigenvalue weighted by Gasteiger charge is -2.22. The van der Waals surface area contributed by atoms with Crippen molar-refractivity contribution in [1.82, 2.24) is 9.97 Å². The van der Waals surface area contributed by atoms with E-state index in [1.807, 2.05) is 0 Å². The molecule has 0 atom stereocenters. The Morgan fingerprint density at radius 3 is 2.33 bits per heavy atom. The van der Waals surface area contributed by atoms with Gasteiger partial charge in [0.15, 0.2) is 5.82 Å². The first kappa shape index (κ1) is 15.8. The SMILES string of the molecule is COc1ncc(C(F)(F)F)c(N(C)c2ccc(I)cc2)n1. The van der Waals surface area contributed by atoms with E-state index < -0.39 is 11.7 Å². The number of ether oxygens (including phenoxy) is 1. The fraction of sp³-hybridized carbons (Fsp3) is 0.231. The summed E-state index contributed by atoms with van der Waals surface area (Å²) in [6, 6.07) is 6.93. The number of hydrogen-bond acceptors (Lipinski definition) is 4. The average molecular weight is 409 g/mol. The monoisotopic (exact) mass is 409 g/mol. The van der Waals surface area contributed by atoms with Crippen LogP contribution in [0.15, 0.2) is 30.5 Å². The van der Waals surface area contributed by atoms with Gasteiger partial charge < -0.3 is 9.64 Å². The number of benzene rings is 1. The number of rotatable bonds is 3. The smallest absolute Gasteiger partial charge is 0.421 e.